The first-order valence-corrected chi connectivity index (χ1v) is 7.34. The number of nitrogens with zero attached hydrogens (tertiary/aromatic N) is 1. The monoisotopic (exact) mass is 325 g/mol. The molecule has 0 aliphatic carbocycles. The summed E-state index contributed by atoms with van der Waals surface area (Å²) in [7, 11) is 0. The van der Waals surface area contributed by atoms with Crippen LogP contribution in [0.3, 0.4) is 0 Å². The molecule has 3 nitrogen and oxygen atoms in total. The van der Waals surface area contributed by atoms with Gasteiger partial charge in [-0.3, -0.25) is 0 Å². The van der Waals surface area contributed by atoms with Crippen molar-refractivity contribution in [3.8, 4) is 6.07 Å². The highest BCUT2D eigenvalue weighted by Gasteiger charge is 2.14. The highest BCUT2D eigenvalue weighted by Crippen LogP contribution is 2.26. The van der Waals surface area contributed by atoms with Crippen molar-refractivity contribution >= 4 is 21.6 Å². The zero-order chi connectivity index (χ0) is 13.7. The van der Waals surface area contributed by atoms with Crippen LogP contribution in [-0.2, 0) is 0 Å². The Hall–Kier alpha value is -1.12. The molecule has 1 aromatic carbocycles. The number of hydrogen-bond acceptors (Lipinski definition) is 3. The molecule has 1 saturated heterocycles. The summed E-state index contributed by atoms with van der Waals surface area (Å²) in [5.41, 5.74) is 0.772. The van der Waals surface area contributed by atoms with Gasteiger partial charge >= 0.3 is 0 Å². The second-order valence-electron chi connectivity index (χ2n) is 4.83. The van der Waals surface area contributed by atoms with E-state index in [9.17, 15) is 4.39 Å². The van der Waals surface area contributed by atoms with Crippen LogP contribution in [0.4, 0.5) is 10.1 Å². The summed E-state index contributed by atoms with van der Waals surface area (Å²) in [6.07, 6.45) is 3.50. The molecule has 1 atom stereocenters. The van der Waals surface area contributed by atoms with Crippen LogP contribution in [-0.4, -0.2) is 19.6 Å². The van der Waals surface area contributed by atoms with E-state index in [-0.39, 0.29) is 10.3 Å². The molecule has 0 radical (unpaired) electrons. The summed E-state index contributed by atoms with van der Waals surface area (Å²) in [6.45, 7) is 2.92. The number of hydrogen-bond donors (Lipinski definition) is 2. The first kappa shape index (κ1) is 14.3. The third-order valence-corrected chi connectivity index (χ3v) is 4.25. The van der Waals surface area contributed by atoms with Gasteiger partial charge in [0.1, 0.15) is 6.07 Å². The minimum atomic E-state index is -0.388. The SMILES string of the molecule is N#Cc1ccc(NCCC2CCCNC2)c(F)c1Br. The van der Waals surface area contributed by atoms with Gasteiger partial charge in [0.2, 0.25) is 0 Å². The number of piperidine rings is 1. The normalized spacial score (nSPS) is 18.9. The maximum Gasteiger partial charge on any atom is 0.161 e. The molecule has 5 heteroatoms. The predicted octanol–water partition coefficient (Wildman–Crippen LogP) is 3.26. The molecule has 1 unspecified atom stereocenters. The summed E-state index contributed by atoms with van der Waals surface area (Å²) in [5.74, 6) is 0.284. The molecule has 0 bridgehead atoms. The number of rotatable bonds is 4. The van der Waals surface area contributed by atoms with Gasteiger partial charge in [-0.1, -0.05) is 0 Å². The molecule has 1 fully saturated rings. The fourth-order valence-corrected chi connectivity index (χ4v) is 2.79. The van der Waals surface area contributed by atoms with E-state index in [1.54, 1.807) is 12.1 Å². The Kier molecular flexibility index (Phi) is 5.17. The summed E-state index contributed by atoms with van der Waals surface area (Å²) >= 11 is 3.11. The summed E-state index contributed by atoms with van der Waals surface area (Å²) in [5, 5.41) is 15.3. The largest absolute Gasteiger partial charge is 0.383 e. The van der Waals surface area contributed by atoms with Crippen molar-refractivity contribution in [1.29, 1.82) is 5.26 Å². The molecule has 1 aliphatic heterocycles. The molecule has 0 spiro atoms. The van der Waals surface area contributed by atoms with Gasteiger partial charge in [0, 0.05) is 6.54 Å². The Morgan fingerprint density at radius 2 is 2.37 bits per heavy atom. The quantitative estimate of drug-likeness (QED) is 0.893. The molecule has 102 valence electrons. The predicted molar refractivity (Wildman–Crippen MR) is 77.5 cm³/mol. The number of benzene rings is 1. The van der Waals surface area contributed by atoms with Crippen LogP contribution in [0, 0.1) is 23.1 Å². The standard InChI is InChI=1S/C14H17BrFN3/c15-13-11(8-17)3-4-12(14(13)16)19-7-5-10-2-1-6-18-9-10/h3-4,10,18-19H,1-2,5-7,9H2. The molecule has 1 aromatic rings. The van der Waals surface area contributed by atoms with Crippen LogP contribution in [0.15, 0.2) is 16.6 Å². The molecular weight excluding hydrogens is 309 g/mol. The van der Waals surface area contributed by atoms with Gasteiger partial charge in [0.15, 0.2) is 5.82 Å². The van der Waals surface area contributed by atoms with Crippen molar-refractivity contribution in [2.45, 2.75) is 19.3 Å². The van der Waals surface area contributed by atoms with E-state index in [0.717, 1.165) is 26.1 Å². The summed E-state index contributed by atoms with van der Waals surface area (Å²) < 4.78 is 14.2. The van der Waals surface area contributed by atoms with E-state index in [2.05, 4.69) is 26.6 Å². The van der Waals surface area contributed by atoms with Crippen LogP contribution in [0.2, 0.25) is 0 Å². The van der Waals surface area contributed by atoms with E-state index in [1.165, 1.54) is 12.8 Å². The lowest BCUT2D eigenvalue weighted by Crippen LogP contribution is -2.30. The minimum absolute atomic E-state index is 0.235. The smallest absolute Gasteiger partial charge is 0.161 e. The number of halogens is 2. The van der Waals surface area contributed by atoms with Crippen molar-refractivity contribution in [3.05, 3.63) is 28.0 Å². The van der Waals surface area contributed by atoms with Crippen molar-refractivity contribution in [3.63, 3.8) is 0 Å². The zero-order valence-electron chi connectivity index (χ0n) is 10.7. The molecular formula is C14H17BrFN3. The fraction of sp³-hybridized carbons (Fsp3) is 0.500. The van der Waals surface area contributed by atoms with E-state index in [0.29, 0.717) is 17.2 Å². The average molecular weight is 326 g/mol. The summed E-state index contributed by atoms with van der Waals surface area (Å²) in [6, 6.07) is 5.19. The average Bonchev–Trinajstić information content (AvgIpc) is 2.45. The second kappa shape index (κ2) is 6.88. The lowest BCUT2D eigenvalue weighted by Gasteiger charge is -2.22. The molecule has 1 heterocycles. The Morgan fingerprint density at radius 3 is 3.05 bits per heavy atom. The molecule has 19 heavy (non-hydrogen) atoms. The maximum absolute atomic E-state index is 13.9. The van der Waals surface area contributed by atoms with Gasteiger partial charge in [0.25, 0.3) is 0 Å². The number of nitriles is 1. The number of anilines is 1. The molecule has 0 aromatic heterocycles. The Morgan fingerprint density at radius 1 is 1.53 bits per heavy atom. The number of nitrogens with one attached hydrogen (secondary N) is 2. The first-order chi connectivity index (χ1) is 9.22. The molecule has 0 amide bonds. The van der Waals surface area contributed by atoms with Crippen LogP contribution in [0.1, 0.15) is 24.8 Å². The van der Waals surface area contributed by atoms with E-state index in [1.807, 2.05) is 6.07 Å². The molecule has 0 saturated carbocycles. The first-order valence-electron chi connectivity index (χ1n) is 6.55. The molecule has 2 N–H and O–H groups in total. The highest BCUT2D eigenvalue weighted by molar-refractivity contribution is 9.10. The van der Waals surface area contributed by atoms with Gasteiger partial charge in [-0.15, -0.1) is 0 Å². The van der Waals surface area contributed by atoms with Crippen molar-refractivity contribution < 1.29 is 4.39 Å². The van der Waals surface area contributed by atoms with Gasteiger partial charge < -0.3 is 10.6 Å². The van der Waals surface area contributed by atoms with Crippen LogP contribution < -0.4 is 10.6 Å². The van der Waals surface area contributed by atoms with E-state index >= 15 is 0 Å². The van der Waals surface area contributed by atoms with Crippen LogP contribution in [0.5, 0.6) is 0 Å². The van der Waals surface area contributed by atoms with Gasteiger partial charge in [0.05, 0.1) is 15.7 Å². The highest BCUT2D eigenvalue weighted by atomic mass is 79.9. The minimum Gasteiger partial charge on any atom is -0.383 e. The zero-order valence-corrected chi connectivity index (χ0v) is 12.3. The third-order valence-electron chi connectivity index (χ3n) is 3.47. The van der Waals surface area contributed by atoms with Gasteiger partial charge in [-0.2, -0.15) is 5.26 Å². The van der Waals surface area contributed by atoms with Crippen molar-refractivity contribution in [2.75, 3.05) is 25.0 Å². The second-order valence-corrected chi connectivity index (χ2v) is 5.62. The van der Waals surface area contributed by atoms with Crippen LogP contribution >= 0.6 is 15.9 Å². The van der Waals surface area contributed by atoms with Gasteiger partial charge in [-0.05, 0) is 66.3 Å². The topological polar surface area (TPSA) is 47.9 Å². The van der Waals surface area contributed by atoms with E-state index in [4.69, 9.17) is 5.26 Å². The summed E-state index contributed by atoms with van der Waals surface area (Å²) in [4.78, 5) is 0. The maximum atomic E-state index is 13.9. The Balaban J connectivity index is 1.89. The fourth-order valence-electron chi connectivity index (χ4n) is 2.35. The van der Waals surface area contributed by atoms with Crippen molar-refractivity contribution in [2.24, 2.45) is 5.92 Å². The van der Waals surface area contributed by atoms with Gasteiger partial charge in [-0.25, -0.2) is 4.39 Å². The third kappa shape index (κ3) is 3.68. The Bertz CT molecular complexity index is 478. The van der Waals surface area contributed by atoms with Crippen LogP contribution in [0.25, 0.3) is 0 Å². The Labute approximate surface area is 121 Å². The van der Waals surface area contributed by atoms with E-state index < -0.39 is 0 Å². The van der Waals surface area contributed by atoms with Crippen molar-refractivity contribution in [1.82, 2.24) is 5.32 Å². The lowest BCUT2D eigenvalue weighted by atomic mass is 9.96. The lowest BCUT2D eigenvalue weighted by molar-refractivity contribution is 0.364. The molecule has 1 aliphatic rings. The molecule has 2 rings (SSSR count).